The van der Waals surface area contributed by atoms with Gasteiger partial charge in [-0.05, 0) is 49.6 Å². The van der Waals surface area contributed by atoms with Crippen LogP contribution in [0.3, 0.4) is 0 Å². The van der Waals surface area contributed by atoms with Crippen LogP contribution >= 0.6 is 11.8 Å². The lowest BCUT2D eigenvalue weighted by Gasteiger charge is -2.21. The van der Waals surface area contributed by atoms with Crippen LogP contribution in [0.1, 0.15) is 25.3 Å². The molecule has 1 aliphatic carbocycles. The van der Waals surface area contributed by atoms with Crippen molar-refractivity contribution in [2.45, 2.75) is 37.2 Å². The lowest BCUT2D eigenvalue weighted by Crippen LogP contribution is -2.27. The fourth-order valence-electron chi connectivity index (χ4n) is 2.47. The summed E-state index contributed by atoms with van der Waals surface area (Å²) in [5.41, 5.74) is 1.31. The predicted molar refractivity (Wildman–Crippen MR) is 78.2 cm³/mol. The Labute approximate surface area is 119 Å². The molecule has 1 aliphatic heterocycles. The van der Waals surface area contributed by atoms with Crippen molar-refractivity contribution in [2.24, 2.45) is 5.92 Å². The van der Waals surface area contributed by atoms with E-state index in [1.54, 1.807) is 11.8 Å². The second-order valence-electron chi connectivity index (χ2n) is 5.31. The van der Waals surface area contributed by atoms with E-state index in [0.717, 1.165) is 24.0 Å². The maximum absolute atomic E-state index is 5.67. The van der Waals surface area contributed by atoms with Gasteiger partial charge in [-0.3, -0.25) is 0 Å². The van der Waals surface area contributed by atoms with E-state index in [0.29, 0.717) is 19.3 Å². The molecule has 3 rings (SSSR count). The van der Waals surface area contributed by atoms with Gasteiger partial charge in [0.05, 0.1) is 0 Å². The molecule has 0 amide bonds. The van der Waals surface area contributed by atoms with E-state index in [1.807, 2.05) is 0 Å². The van der Waals surface area contributed by atoms with E-state index >= 15 is 0 Å². The van der Waals surface area contributed by atoms with Crippen LogP contribution in [0, 0.1) is 5.92 Å². The summed E-state index contributed by atoms with van der Waals surface area (Å²) in [7, 11) is 0. The summed E-state index contributed by atoms with van der Waals surface area (Å²) in [4.78, 5) is 1.28. The molecule has 1 heterocycles. The molecule has 0 saturated heterocycles. The van der Waals surface area contributed by atoms with Gasteiger partial charge in [-0.25, -0.2) is 0 Å². The fraction of sp³-hybridized carbons (Fsp3) is 0.600. The molecule has 1 fully saturated rings. The van der Waals surface area contributed by atoms with Crippen molar-refractivity contribution < 1.29 is 9.47 Å². The second kappa shape index (κ2) is 5.63. The van der Waals surface area contributed by atoms with Gasteiger partial charge in [-0.2, -0.15) is 0 Å². The zero-order valence-corrected chi connectivity index (χ0v) is 12.4. The molecule has 4 heteroatoms. The molecule has 1 aromatic carbocycles. The largest absolute Gasteiger partial charge is 0.486 e. The Kier molecular flexibility index (Phi) is 3.89. The second-order valence-corrected chi connectivity index (χ2v) is 6.16. The minimum Gasteiger partial charge on any atom is -0.486 e. The number of thioether (sulfide) groups is 1. The highest BCUT2D eigenvalue weighted by molar-refractivity contribution is 7.98. The molecule has 1 unspecified atom stereocenters. The summed E-state index contributed by atoms with van der Waals surface area (Å²) in [5.74, 6) is 2.66. The zero-order valence-electron chi connectivity index (χ0n) is 11.6. The Hall–Kier alpha value is -0.870. The van der Waals surface area contributed by atoms with E-state index in [-0.39, 0.29) is 0 Å². The Bertz CT molecular complexity index is 460. The van der Waals surface area contributed by atoms with Gasteiger partial charge in [0.15, 0.2) is 11.5 Å². The average Bonchev–Trinajstić information content (AvgIpc) is 3.28. The number of ether oxygens (including phenoxy) is 2. The highest BCUT2D eigenvalue weighted by Gasteiger charge is 2.27. The lowest BCUT2D eigenvalue weighted by molar-refractivity contribution is 0.171. The minimum absolute atomic E-state index is 0.614. The van der Waals surface area contributed by atoms with Crippen LogP contribution in [0.4, 0.5) is 0 Å². The van der Waals surface area contributed by atoms with Crippen LogP contribution in [-0.4, -0.2) is 25.5 Å². The molecular formula is C15H21NO2S. The third-order valence-electron chi connectivity index (χ3n) is 3.89. The van der Waals surface area contributed by atoms with Crippen molar-refractivity contribution in [1.29, 1.82) is 0 Å². The van der Waals surface area contributed by atoms with Crippen LogP contribution in [0.2, 0.25) is 0 Å². The van der Waals surface area contributed by atoms with E-state index in [2.05, 4.69) is 30.6 Å². The van der Waals surface area contributed by atoms with Gasteiger partial charge < -0.3 is 14.8 Å². The summed E-state index contributed by atoms with van der Waals surface area (Å²) in [6.45, 7) is 4.49. The van der Waals surface area contributed by atoms with E-state index in [1.165, 1.54) is 23.3 Å². The van der Waals surface area contributed by atoms with Gasteiger partial charge in [-0.15, -0.1) is 11.8 Å². The van der Waals surface area contributed by atoms with Crippen LogP contribution < -0.4 is 14.8 Å². The highest BCUT2D eigenvalue weighted by atomic mass is 32.2. The summed E-state index contributed by atoms with van der Waals surface area (Å²) < 4.78 is 11.3. The lowest BCUT2D eigenvalue weighted by atomic mass is 10.1. The van der Waals surface area contributed by atoms with Crippen molar-refractivity contribution in [3.63, 3.8) is 0 Å². The number of benzene rings is 1. The molecular weight excluding hydrogens is 258 g/mol. The normalized spacial score (nSPS) is 19.3. The molecule has 0 spiro atoms. The molecule has 1 N–H and O–H groups in total. The Balaban J connectivity index is 1.74. The Morgan fingerprint density at radius 2 is 1.95 bits per heavy atom. The molecule has 3 nitrogen and oxygen atoms in total. The summed E-state index contributed by atoms with van der Waals surface area (Å²) in [5, 5.41) is 3.63. The van der Waals surface area contributed by atoms with Gasteiger partial charge in [0, 0.05) is 17.5 Å². The maximum atomic E-state index is 5.67. The van der Waals surface area contributed by atoms with E-state index in [9.17, 15) is 0 Å². The third kappa shape index (κ3) is 3.00. The van der Waals surface area contributed by atoms with Crippen LogP contribution in [0.5, 0.6) is 11.5 Å². The first kappa shape index (κ1) is 13.1. The minimum atomic E-state index is 0.614. The first-order chi connectivity index (χ1) is 9.28. The number of nitrogens with one attached hydrogen (secondary N) is 1. The number of rotatable bonds is 5. The summed E-state index contributed by atoms with van der Waals surface area (Å²) in [6, 6.07) is 4.85. The third-order valence-corrected chi connectivity index (χ3v) is 4.71. The molecule has 2 aliphatic rings. The van der Waals surface area contributed by atoms with Crippen molar-refractivity contribution in [2.75, 3.05) is 19.5 Å². The van der Waals surface area contributed by atoms with Gasteiger partial charge >= 0.3 is 0 Å². The quantitative estimate of drug-likeness (QED) is 0.839. The molecule has 1 saturated carbocycles. The van der Waals surface area contributed by atoms with Crippen molar-refractivity contribution >= 4 is 11.8 Å². The number of hydrogen-bond donors (Lipinski definition) is 1. The fourth-order valence-corrected chi connectivity index (χ4v) is 3.09. The molecule has 0 aromatic heterocycles. The zero-order chi connectivity index (χ0) is 13.2. The standard InChI is InChI=1S/C15H21NO2S/c1-10(11-3-4-11)16-9-12-7-13-14(8-15(12)19-2)18-6-5-17-13/h7-8,10-11,16H,3-6,9H2,1-2H3. The van der Waals surface area contributed by atoms with E-state index in [4.69, 9.17) is 9.47 Å². The first-order valence-corrected chi connectivity index (χ1v) is 8.20. The molecule has 19 heavy (non-hydrogen) atoms. The SMILES string of the molecule is CSc1cc2c(cc1CNC(C)C1CC1)OCCO2. The van der Waals surface area contributed by atoms with Gasteiger partial charge in [-0.1, -0.05) is 0 Å². The molecule has 1 atom stereocenters. The number of hydrogen-bond acceptors (Lipinski definition) is 4. The van der Waals surface area contributed by atoms with Crippen LogP contribution in [-0.2, 0) is 6.54 Å². The van der Waals surface area contributed by atoms with Crippen molar-refractivity contribution in [1.82, 2.24) is 5.32 Å². The van der Waals surface area contributed by atoms with Crippen LogP contribution in [0.15, 0.2) is 17.0 Å². The predicted octanol–water partition coefficient (Wildman–Crippen LogP) is 3.07. The van der Waals surface area contributed by atoms with Gasteiger partial charge in [0.2, 0.25) is 0 Å². The molecule has 0 bridgehead atoms. The molecule has 1 aromatic rings. The highest BCUT2D eigenvalue weighted by Crippen LogP contribution is 2.37. The molecule has 104 valence electrons. The monoisotopic (exact) mass is 279 g/mol. The summed E-state index contributed by atoms with van der Waals surface area (Å²) in [6.07, 6.45) is 4.87. The topological polar surface area (TPSA) is 30.5 Å². The van der Waals surface area contributed by atoms with Crippen LogP contribution in [0.25, 0.3) is 0 Å². The average molecular weight is 279 g/mol. The van der Waals surface area contributed by atoms with Gasteiger partial charge in [0.1, 0.15) is 13.2 Å². The first-order valence-electron chi connectivity index (χ1n) is 6.98. The number of fused-ring (bicyclic) bond motifs is 1. The van der Waals surface area contributed by atoms with E-state index < -0.39 is 0 Å². The van der Waals surface area contributed by atoms with Crippen molar-refractivity contribution in [3.05, 3.63) is 17.7 Å². The maximum Gasteiger partial charge on any atom is 0.162 e. The van der Waals surface area contributed by atoms with Crippen molar-refractivity contribution in [3.8, 4) is 11.5 Å². The molecule has 0 radical (unpaired) electrons. The van der Waals surface area contributed by atoms with Gasteiger partial charge in [0.25, 0.3) is 0 Å². The Morgan fingerprint density at radius 1 is 1.26 bits per heavy atom. The Morgan fingerprint density at radius 3 is 2.58 bits per heavy atom. The smallest absolute Gasteiger partial charge is 0.162 e. The summed E-state index contributed by atoms with van der Waals surface area (Å²) >= 11 is 1.77.